The van der Waals surface area contributed by atoms with Crippen LogP contribution in [0.25, 0.3) is 0 Å². The van der Waals surface area contributed by atoms with Crippen molar-refractivity contribution in [3.8, 4) is 11.5 Å². The van der Waals surface area contributed by atoms with E-state index in [2.05, 4.69) is 0 Å². The van der Waals surface area contributed by atoms with Crippen molar-refractivity contribution < 1.29 is 24.2 Å². The number of rotatable bonds is 4. The minimum absolute atomic E-state index is 0.0557. The summed E-state index contributed by atoms with van der Waals surface area (Å²) in [7, 11) is 2.86. The number of carbonyl (C=O) groups excluding carboxylic acids is 1. The molecule has 0 radical (unpaired) electrons. The van der Waals surface area contributed by atoms with Crippen molar-refractivity contribution in [3.63, 3.8) is 0 Å². The van der Waals surface area contributed by atoms with E-state index in [1.54, 1.807) is 0 Å². The highest BCUT2D eigenvalue weighted by molar-refractivity contribution is 6.39. The highest BCUT2D eigenvalue weighted by Crippen LogP contribution is 2.27. The summed E-state index contributed by atoms with van der Waals surface area (Å²) in [5.74, 6) is -1.71. The average molecular weight is 210 g/mol. The fourth-order valence-corrected chi connectivity index (χ4v) is 1.10. The fraction of sp³-hybridized carbons (Fsp3) is 0.200. The molecule has 0 aliphatic rings. The zero-order valence-corrected chi connectivity index (χ0v) is 8.31. The molecule has 0 aliphatic carbocycles. The standard InChI is InChI=1S/C10H10O5/c1-14-7-4-3-6(5-8(7)15-2)9(11)10(12)13/h3-5H,1-2H3,(H,12,13). The van der Waals surface area contributed by atoms with Crippen LogP contribution in [-0.4, -0.2) is 31.1 Å². The maximum atomic E-state index is 11.1. The fourth-order valence-electron chi connectivity index (χ4n) is 1.10. The first-order chi connectivity index (χ1) is 7.10. The van der Waals surface area contributed by atoms with Crippen LogP contribution in [0.2, 0.25) is 0 Å². The summed E-state index contributed by atoms with van der Waals surface area (Å²) in [6.45, 7) is 0. The Balaban J connectivity index is 3.13. The molecule has 1 N–H and O–H groups in total. The van der Waals surface area contributed by atoms with Crippen molar-refractivity contribution >= 4 is 11.8 Å². The van der Waals surface area contributed by atoms with Crippen LogP contribution < -0.4 is 9.47 Å². The van der Waals surface area contributed by atoms with Gasteiger partial charge in [-0.3, -0.25) is 4.79 Å². The molecule has 0 bridgehead atoms. The molecule has 0 amide bonds. The molecule has 1 aromatic rings. The maximum Gasteiger partial charge on any atom is 0.377 e. The first-order valence-electron chi connectivity index (χ1n) is 4.09. The van der Waals surface area contributed by atoms with Gasteiger partial charge in [-0.05, 0) is 18.2 Å². The Labute approximate surface area is 86.2 Å². The van der Waals surface area contributed by atoms with Gasteiger partial charge >= 0.3 is 5.97 Å². The summed E-state index contributed by atoms with van der Waals surface area (Å²) in [5.41, 5.74) is 0.0557. The third-order valence-electron chi connectivity index (χ3n) is 1.84. The second-order valence-corrected chi connectivity index (χ2v) is 2.70. The first-order valence-corrected chi connectivity index (χ1v) is 4.09. The van der Waals surface area contributed by atoms with Gasteiger partial charge in [0.25, 0.3) is 5.78 Å². The second kappa shape index (κ2) is 4.45. The topological polar surface area (TPSA) is 72.8 Å². The summed E-state index contributed by atoms with van der Waals surface area (Å²) < 4.78 is 9.88. The van der Waals surface area contributed by atoms with Crippen LogP contribution in [0.4, 0.5) is 0 Å². The number of carboxylic acids is 1. The van der Waals surface area contributed by atoms with E-state index in [0.29, 0.717) is 11.5 Å². The predicted octanol–water partition coefficient (Wildman–Crippen LogP) is 0.971. The molecule has 0 saturated heterocycles. The van der Waals surface area contributed by atoms with Gasteiger partial charge in [0.1, 0.15) is 0 Å². The number of methoxy groups -OCH3 is 2. The molecular formula is C10H10O5. The lowest BCUT2D eigenvalue weighted by molar-refractivity contribution is -0.131. The minimum atomic E-state index is -1.50. The van der Waals surface area contributed by atoms with Gasteiger partial charge in [0.2, 0.25) is 0 Å². The Bertz CT molecular complexity index is 397. The Morgan fingerprint density at radius 3 is 2.20 bits per heavy atom. The minimum Gasteiger partial charge on any atom is -0.493 e. The van der Waals surface area contributed by atoms with Gasteiger partial charge < -0.3 is 14.6 Å². The molecule has 0 fully saturated rings. The van der Waals surface area contributed by atoms with E-state index in [1.165, 1.54) is 32.4 Å². The van der Waals surface area contributed by atoms with Gasteiger partial charge in [0, 0.05) is 5.56 Å². The quantitative estimate of drug-likeness (QED) is 0.592. The van der Waals surface area contributed by atoms with Gasteiger partial charge in [0.15, 0.2) is 11.5 Å². The van der Waals surface area contributed by atoms with Crippen molar-refractivity contribution in [2.45, 2.75) is 0 Å². The number of aliphatic carboxylic acids is 1. The number of ether oxygens (including phenoxy) is 2. The van der Waals surface area contributed by atoms with Crippen LogP contribution in [0.1, 0.15) is 10.4 Å². The Morgan fingerprint density at radius 1 is 1.13 bits per heavy atom. The summed E-state index contributed by atoms with van der Waals surface area (Å²) in [6.07, 6.45) is 0. The van der Waals surface area contributed by atoms with Crippen LogP contribution in [-0.2, 0) is 4.79 Å². The van der Waals surface area contributed by atoms with Crippen molar-refractivity contribution in [2.24, 2.45) is 0 Å². The van der Waals surface area contributed by atoms with Crippen LogP contribution in [0.15, 0.2) is 18.2 Å². The van der Waals surface area contributed by atoms with Gasteiger partial charge in [0.05, 0.1) is 14.2 Å². The Kier molecular flexibility index (Phi) is 3.28. The number of hydrogen-bond acceptors (Lipinski definition) is 4. The number of benzene rings is 1. The van der Waals surface area contributed by atoms with Gasteiger partial charge in [-0.2, -0.15) is 0 Å². The molecule has 0 unspecified atom stereocenters. The van der Waals surface area contributed by atoms with Crippen molar-refractivity contribution in [3.05, 3.63) is 23.8 Å². The molecular weight excluding hydrogens is 200 g/mol. The average Bonchev–Trinajstić information content (AvgIpc) is 2.26. The van der Waals surface area contributed by atoms with E-state index in [-0.39, 0.29) is 5.56 Å². The lowest BCUT2D eigenvalue weighted by Gasteiger charge is -2.07. The van der Waals surface area contributed by atoms with Crippen molar-refractivity contribution in [1.82, 2.24) is 0 Å². The molecule has 1 rings (SSSR count). The first kappa shape index (κ1) is 11.0. The number of carbonyl (C=O) groups is 2. The van der Waals surface area contributed by atoms with Gasteiger partial charge in [-0.1, -0.05) is 0 Å². The van der Waals surface area contributed by atoms with E-state index in [0.717, 1.165) is 0 Å². The smallest absolute Gasteiger partial charge is 0.377 e. The maximum absolute atomic E-state index is 11.1. The SMILES string of the molecule is COc1ccc(C(=O)C(=O)O)cc1OC. The molecule has 0 spiro atoms. The number of Topliss-reactive ketones (excluding diaryl/α,β-unsaturated/α-hetero) is 1. The molecule has 80 valence electrons. The lowest BCUT2D eigenvalue weighted by Crippen LogP contribution is -2.12. The monoisotopic (exact) mass is 210 g/mol. The van der Waals surface area contributed by atoms with Crippen molar-refractivity contribution in [2.75, 3.05) is 14.2 Å². The highest BCUT2D eigenvalue weighted by atomic mass is 16.5. The molecule has 5 heteroatoms. The number of hydrogen-bond donors (Lipinski definition) is 1. The highest BCUT2D eigenvalue weighted by Gasteiger charge is 2.16. The van der Waals surface area contributed by atoms with Crippen molar-refractivity contribution in [1.29, 1.82) is 0 Å². The number of carboxylic acid groups (broad SMARTS) is 1. The summed E-state index contributed by atoms with van der Waals surface area (Å²) in [6, 6.07) is 4.18. The summed E-state index contributed by atoms with van der Waals surface area (Å²) in [4.78, 5) is 21.5. The lowest BCUT2D eigenvalue weighted by atomic mass is 10.1. The van der Waals surface area contributed by atoms with E-state index in [9.17, 15) is 9.59 Å². The van der Waals surface area contributed by atoms with E-state index in [1.807, 2.05) is 0 Å². The molecule has 0 heterocycles. The molecule has 0 atom stereocenters. The molecule has 0 saturated carbocycles. The van der Waals surface area contributed by atoms with Gasteiger partial charge in [-0.25, -0.2) is 4.79 Å². The molecule has 5 nitrogen and oxygen atoms in total. The molecule has 0 aliphatic heterocycles. The third kappa shape index (κ3) is 2.25. The molecule has 0 aromatic heterocycles. The van der Waals surface area contributed by atoms with Gasteiger partial charge in [-0.15, -0.1) is 0 Å². The van der Waals surface area contributed by atoms with E-state index in [4.69, 9.17) is 14.6 Å². The normalized spacial score (nSPS) is 9.47. The largest absolute Gasteiger partial charge is 0.493 e. The predicted molar refractivity (Wildman–Crippen MR) is 51.5 cm³/mol. The Morgan fingerprint density at radius 2 is 1.73 bits per heavy atom. The summed E-state index contributed by atoms with van der Waals surface area (Å²) >= 11 is 0. The van der Waals surface area contributed by atoms with Crippen LogP contribution in [0.3, 0.4) is 0 Å². The second-order valence-electron chi connectivity index (χ2n) is 2.70. The Hall–Kier alpha value is -2.04. The molecule has 15 heavy (non-hydrogen) atoms. The zero-order chi connectivity index (χ0) is 11.4. The van der Waals surface area contributed by atoms with Crippen LogP contribution >= 0.6 is 0 Å². The molecule has 1 aromatic carbocycles. The van der Waals surface area contributed by atoms with Crippen LogP contribution in [0.5, 0.6) is 11.5 Å². The van der Waals surface area contributed by atoms with E-state index >= 15 is 0 Å². The zero-order valence-electron chi connectivity index (χ0n) is 8.31. The van der Waals surface area contributed by atoms with E-state index < -0.39 is 11.8 Å². The third-order valence-corrected chi connectivity index (χ3v) is 1.84. The number of ketones is 1. The summed E-state index contributed by atoms with van der Waals surface area (Å²) in [5, 5.41) is 8.50. The van der Waals surface area contributed by atoms with Crippen LogP contribution in [0, 0.1) is 0 Å².